The third kappa shape index (κ3) is 5.69. The molecule has 1 aromatic heterocycles. The minimum absolute atomic E-state index is 0.0617. The molecule has 1 unspecified atom stereocenters. The molecule has 5 rings (SSSR count). The van der Waals surface area contributed by atoms with Gasteiger partial charge < -0.3 is 10.4 Å². The van der Waals surface area contributed by atoms with E-state index >= 15 is 0 Å². The van der Waals surface area contributed by atoms with Gasteiger partial charge in [-0.2, -0.15) is 4.31 Å². The van der Waals surface area contributed by atoms with Crippen molar-refractivity contribution in [2.45, 2.75) is 38.8 Å². The van der Waals surface area contributed by atoms with Crippen molar-refractivity contribution in [2.75, 3.05) is 29.1 Å². The fraction of sp³-hybridized carbons (Fsp3) is 0.407. The largest absolute Gasteiger partial charge is 0.386 e. The lowest BCUT2D eigenvalue weighted by atomic mass is 9.90. The van der Waals surface area contributed by atoms with Gasteiger partial charge in [-0.05, 0) is 48.7 Å². The van der Waals surface area contributed by atoms with Crippen molar-refractivity contribution < 1.29 is 26.7 Å². The van der Waals surface area contributed by atoms with Crippen LogP contribution in [-0.2, 0) is 36.8 Å². The van der Waals surface area contributed by atoms with E-state index < -0.39 is 42.7 Å². The summed E-state index contributed by atoms with van der Waals surface area (Å²) in [6.07, 6.45) is 3.17. The summed E-state index contributed by atoms with van der Waals surface area (Å²) in [5, 5.41) is 15.3. The number of benzene rings is 2. The topological polar surface area (TPSA) is 134 Å². The molecule has 2 N–H and O–H groups in total. The molecule has 9 nitrogen and oxygen atoms in total. The minimum atomic E-state index is -3.89. The van der Waals surface area contributed by atoms with Crippen LogP contribution in [0.1, 0.15) is 43.4 Å². The van der Waals surface area contributed by atoms with E-state index in [1.807, 2.05) is 6.07 Å². The van der Waals surface area contributed by atoms with E-state index in [4.69, 9.17) is 11.6 Å². The summed E-state index contributed by atoms with van der Waals surface area (Å²) >= 11 is 6.26. The Morgan fingerprint density at radius 2 is 1.92 bits per heavy atom. The van der Waals surface area contributed by atoms with Crippen LogP contribution in [0.3, 0.4) is 0 Å². The van der Waals surface area contributed by atoms with Gasteiger partial charge in [-0.1, -0.05) is 36.7 Å². The van der Waals surface area contributed by atoms with Gasteiger partial charge in [0.2, 0.25) is 15.9 Å². The molecule has 39 heavy (non-hydrogen) atoms. The zero-order valence-electron chi connectivity index (χ0n) is 21.8. The molecule has 0 spiro atoms. The van der Waals surface area contributed by atoms with Crippen molar-refractivity contribution in [1.82, 2.24) is 9.29 Å². The number of hydrogen-bond donors (Lipinski definition) is 2. The highest BCUT2D eigenvalue weighted by molar-refractivity contribution is 7.93. The van der Waals surface area contributed by atoms with Crippen LogP contribution in [-0.4, -0.2) is 60.9 Å². The van der Waals surface area contributed by atoms with Crippen molar-refractivity contribution in [1.29, 1.82) is 0 Å². The average molecular weight is 592 g/mol. The Morgan fingerprint density at radius 1 is 1.21 bits per heavy atom. The molecule has 1 amide bonds. The Balaban J connectivity index is 1.47. The van der Waals surface area contributed by atoms with Crippen LogP contribution >= 0.6 is 11.6 Å². The number of aliphatic hydroxyl groups is 1. The maximum Gasteiger partial charge on any atom is 0.233 e. The number of amides is 1. The molecule has 2 aromatic carbocycles. The number of sulfonamides is 1. The summed E-state index contributed by atoms with van der Waals surface area (Å²) in [4.78, 5) is 18.0. The zero-order valence-corrected chi connectivity index (χ0v) is 24.2. The van der Waals surface area contributed by atoms with Gasteiger partial charge in [-0.15, -0.1) is 0 Å². The van der Waals surface area contributed by atoms with Crippen LogP contribution in [0, 0.1) is 5.41 Å². The Kier molecular flexibility index (Phi) is 6.83. The number of fused-ring (bicyclic) bond motifs is 2. The number of rotatable bonds is 6. The molecule has 208 valence electrons. The van der Waals surface area contributed by atoms with Gasteiger partial charge in [0.1, 0.15) is 0 Å². The minimum Gasteiger partial charge on any atom is -0.386 e. The number of sulfone groups is 1. The highest BCUT2D eigenvalue weighted by Gasteiger charge is 2.49. The first-order chi connectivity index (χ1) is 18.1. The molecule has 0 bridgehead atoms. The Labute approximate surface area is 233 Å². The SMILES string of the molecule is CC1(CS(=O)(=O)N2Cc3ccc(Cl)cc3C(C(=O)Nc3cncc4ccc(C(C)(C)O)cc34)C2)CS(=O)(=O)C1. The molecule has 0 radical (unpaired) electrons. The van der Waals surface area contributed by atoms with Crippen LogP contribution in [0.25, 0.3) is 10.8 Å². The third-order valence-electron chi connectivity index (χ3n) is 7.32. The number of pyridine rings is 1. The number of hydrogen-bond acceptors (Lipinski definition) is 7. The molecule has 0 aliphatic carbocycles. The molecule has 1 saturated heterocycles. The molecule has 1 fully saturated rings. The number of nitrogens with one attached hydrogen (secondary N) is 1. The monoisotopic (exact) mass is 591 g/mol. The number of carbonyl (C=O) groups is 1. The van der Waals surface area contributed by atoms with Crippen molar-refractivity contribution >= 4 is 53.8 Å². The predicted octanol–water partition coefficient (Wildman–Crippen LogP) is 3.42. The third-order valence-corrected chi connectivity index (χ3v) is 12.0. The molecular weight excluding hydrogens is 562 g/mol. The highest BCUT2D eigenvalue weighted by atomic mass is 35.5. The van der Waals surface area contributed by atoms with Gasteiger partial charge in [0.25, 0.3) is 0 Å². The number of halogens is 1. The molecule has 2 aliphatic heterocycles. The molecular formula is C27H30ClN3O6S2. The van der Waals surface area contributed by atoms with Crippen molar-refractivity contribution in [3.8, 4) is 0 Å². The fourth-order valence-electron chi connectivity index (χ4n) is 5.53. The summed E-state index contributed by atoms with van der Waals surface area (Å²) in [6, 6.07) is 10.4. The number of anilines is 1. The Morgan fingerprint density at radius 3 is 2.59 bits per heavy atom. The van der Waals surface area contributed by atoms with E-state index in [1.54, 1.807) is 57.3 Å². The van der Waals surface area contributed by atoms with Crippen LogP contribution < -0.4 is 5.32 Å². The smallest absolute Gasteiger partial charge is 0.233 e. The van der Waals surface area contributed by atoms with Crippen LogP contribution in [0.2, 0.25) is 5.02 Å². The van der Waals surface area contributed by atoms with Crippen LogP contribution in [0.4, 0.5) is 5.69 Å². The summed E-state index contributed by atoms with van der Waals surface area (Å²) in [7, 11) is -7.10. The zero-order chi connectivity index (χ0) is 28.4. The first-order valence-electron chi connectivity index (χ1n) is 12.4. The van der Waals surface area contributed by atoms with E-state index in [2.05, 4.69) is 10.3 Å². The first-order valence-corrected chi connectivity index (χ1v) is 16.2. The van der Waals surface area contributed by atoms with E-state index in [-0.39, 0.29) is 30.3 Å². The lowest BCUT2D eigenvalue weighted by Gasteiger charge is -2.40. The quantitative estimate of drug-likeness (QED) is 0.449. The van der Waals surface area contributed by atoms with Crippen LogP contribution in [0.15, 0.2) is 48.8 Å². The second-order valence-electron chi connectivity index (χ2n) is 11.5. The van der Waals surface area contributed by atoms with Gasteiger partial charge in [-0.25, -0.2) is 16.8 Å². The summed E-state index contributed by atoms with van der Waals surface area (Å²) in [6.45, 7) is 4.95. The molecule has 0 saturated carbocycles. The van der Waals surface area contributed by atoms with Crippen LogP contribution in [0.5, 0.6) is 0 Å². The molecule has 3 heterocycles. The normalized spacial score (nSPS) is 20.7. The molecule has 3 aromatic rings. The fourth-order valence-corrected chi connectivity index (χ4v) is 10.2. The summed E-state index contributed by atoms with van der Waals surface area (Å²) in [5.74, 6) is -1.97. The van der Waals surface area contributed by atoms with Gasteiger partial charge in [-0.3, -0.25) is 9.78 Å². The lowest BCUT2D eigenvalue weighted by molar-refractivity contribution is -0.118. The van der Waals surface area contributed by atoms with E-state index in [0.717, 1.165) is 5.39 Å². The molecule has 12 heteroatoms. The average Bonchev–Trinajstić information content (AvgIpc) is 2.80. The van der Waals surface area contributed by atoms with Gasteiger partial charge in [0.05, 0.1) is 40.7 Å². The molecule has 1 atom stereocenters. The summed E-state index contributed by atoms with van der Waals surface area (Å²) in [5.41, 5.74) is 0.427. The first kappa shape index (κ1) is 28.0. The standard InChI is InChI=1S/C27H30ClN3O6S2/c1-26(2,33)19-6-4-17-10-29-11-24(22(17)8-19)30-25(32)23-13-31(12-18-5-7-20(28)9-21(18)23)39(36,37)16-27(3)14-38(34,35)15-27/h4-11,23,33H,12-16H2,1-3H3,(H,30,32). The van der Waals surface area contributed by atoms with Gasteiger partial charge in [0, 0.05) is 40.5 Å². The number of aromatic nitrogens is 1. The second kappa shape index (κ2) is 9.52. The predicted molar refractivity (Wildman–Crippen MR) is 151 cm³/mol. The maximum absolute atomic E-state index is 13.7. The van der Waals surface area contributed by atoms with E-state index in [0.29, 0.717) is 32.8 Å². The summed E-state index contributed by atoms with van der Waals surface area (Å²) < 4.78 is 51.7. The Hall–Kier alpha value is -2.57. The lowest BCUT2D eigenvalue weighted by Crippen LogP contribution is -2.53. The van der Waals surface area contributed by atoms with Crippen molar-refractivity contribution in [3.05, 3.63) is 70.5 Å². The highest BCUT2D eigenvalue weighted by Crippen LogP contribution is 2.38. The molecule has 2 aliphatic rings. The number of nitrogens with zero attached hydrogens (tertiary/aromatic N) is 2. The number of carbonyl (C=O) groups excluding carboxylic acids is 1. The maximum atomic E-state index is 13.7. The van der Waals surface area contributed by atoms with Gasteiger partial charge >= 0.3 is 0 Å². The van der Waals surface area contributed by atoms with Crippen molar-refractivity contribution in [3.63, 3.8) is 0 Å². The Bertz CT molecular complexity index is 1690. The van der Waals surface area contributed by atoms with E-state index in [9.17, 15) is 26.7 Å². The van der Waals surface area contributed by atoms with Gasteiger partial charge in [0.15, 0.2) is 9.84 Å². The second-order valence-corrected chi connectivity index (χ2v) is 15.9. The van der Waals surface area contributed by atoms with E-state index in [1.165, 1.54) is 10.5 Å². The van der Waals surface area contributed by atoms with Crippen molar-refractivity contribution in [2.24, 2.45) is 5.41 Å².